The fourth-order valence-electron chi connectivity index (χ4n) is 1.74. The third-order valence-electron chi connectivity index (χ3n) is 3.10. The number of halogens is 1. The van der Waals surface area contributed by atoms with Crippen molar-refractivity contribution in [1.29, 1.82) is 0 Å². The van der Waals surface area contributed by atoms with E-state index in [0.29, 0.717) is 12.3 Å². The lowest BCUT2D eigenvalue weighted by atomic mass is 10.1. The van der Waals surface area contributed by atoms with Crippen LogP contribution in [0, 0.1) is 5.82 Å². The standard InChI is InChI=1S/C15H24FNO2S/c1-11(17-8-9-20(18)15(2,3)4)12-6-7-14(19-5)13(16)10-12/h6-7,10-11,17H,8-9H2,1-5H3/t11-,20+/m1/s1. The van der Waals surface area contributed by atoms with Crippen molar-refractivity contribution >= 4 is 10.8 Å². The first kappa shape index (κ1) is 17.1. The molecule has 1 rings (SSSR count). The molecule has 20 heavy (non-hydrogen) atoms. The van der Waals surface area contributed by atoms with Crippen molar-refractivity contribution < 1.29 is 13.3 Å². The highest BCUT2D eigenvalue weighted by Gasteiger charge is 2.19. The van der Waals surface area contributed by atoms with Gasteiger partial charge >= 0.3 is 0 Å². The topological polar surface area (TPSA) is 38.3 Å². The van der Waals surface area contributed by atoms with Gasteiger partial charge in [-0.2, -0.15) is 0 Å². The zero-order valence-corrected chi connectivity index (χ0v) is 13.6. The van der Waals surface area contributed by atoms with Crippen molar-refractivity contribution in [3.05, 3.63) is 29.6 Å². The summed E-state index contributed by atoms with van der Waals surface area (Å²) in [6, 6.07) is 4.93. The first-order valence-corrected chi connectivity index (χ1v) is 8.03. The average molecular weight is 301 g/mol. The number of nitrogens with one attached hydrogen (secondary N) is 1. The van der Waals surface area contributed by atoms with Crippen LogP contribution in [0.5, 0.6) is 5.75 Å². The molecule has 5 heteroatoms. The van der Waals surface area contributed by atoms with Gasteiger partial charge in [0.15, 0.2) is 11.6 Å². The van der Waals surface area contributed by atoms with Gasteiger partial charge in [-0.25, -0.2) is 4.39 Å². The second-order valence-electron chi connectivity index (χ2n) is 5.73. The number of hydrogen-bond donors (Lipinski definition) is 1. The normalized spacial score (nSPS) is 14.9. The van der Waals surface area contributed by atoms with Gasteiger partial charge in [-0.1, -0.05) is 6.07 Å². The van der Waals surface area contributed by atoms with E-state index in [0.717, 1.165) is 5.56 Å². The fourth-order valence-corrected chi connectivity index (χ4v) is 2.66. The Kier molecular flexibility index (Phi) is 6.14. The Hall–Kier alpha value is -0.940. The summed E-state index contributed by atoms with van der Waals surface area (Å²) in [5, 5.41) is 3.27. The molecule has 0 unspecified atom stereocenters. The summed E-state index contributed by atoms with van der Waals surface area (Å²) in [6.45, 7) is 8.49. The smallest absolute Gasteiger partial charge is 0.165 e. The van der Waals surface area contributed by atoms with Gasteiger partial charge in [-0.05, 0) is 45.4 Å². The van der Waals surface area contributed by atoms with Crippen LogP contribution in [-0.4, -0.2) is 28.4 Å². The van der Waals surface area contributed by atoms with E-state index in [4.69, 9.17) is 4.74 Å². The second-order valence-corrected chi connectivity index (χ2v) is 8.06. The van der Waals surface area contributed by atoms with Crippen molar-refractivity contribution in [2.75, 3.05) is 19.4 Å². The Morgan fingerprint density at radius 3 is 2.55 bits per heavy atom. The molecule has 0 aliphatic rings. The number of rotatable bonds is 6. The number of methoxy groups -OCH3 is 1. The molecule has 0 radical (unpaired) electrons. The predicted octanol–water partition coefficient (Wildman–Crippen LogP) is 3.03. The van der Waals surface area contributed by atoms with Crippen LogP contribution < -0.4 is 10.1 Å². The summed E-state index contributed by atoms with van der Waals surface area (Å²) < 4.78 is 30.2. The van der Waals surface area contributed by atoms with Gasteiger partial charge in [0.1, 0.15) is 0 Å². The van der Waals surface area contributed by atoms with E-state index in [1.165, 1.54) is 13.2 Å². The van der Waals surface area contributed by atoms with E-state index in [-0.39, 0.29) is 22.4 Å². The minimum atomic E-state index is -0.876. The molecule has 0 bridgehead atoms. The largest absolute Gasteiger partial charge is 0.494 e. The molecular weight excluding hydrogens is 277 g/mol. The number of benzene rings is 1. The molecule has 0 aliphatic carbocycles. The lowest BCUT2D eigenvalue weighted by Crippen LogP contribution is -2.30. The molecule has 1 aromatic rings. The van der Waals surface area contributed by atoms with E-state index in [1.807, 2.05) is 33.8 Å². The van der Waals surface area contributed by atoms with Crippen LogP contribution in [0.4, 0.5) is 4.39 Å². The lowest BCUT2D eigenvalue weighted by Gasteiger charge is -2.19. The van der Waals surface area contributed by atoms with E-state index in [1.54, 1.807) is 6.07 Å². The Morgan fingerprint density at radius 1 is 1.40 bits per heavy atom. The van der Waals surface area contributed by atoms with Gasteiger partial charge in [0.25, 0.3) is 0 Å². The molecule has 0 fully saturated rings. The van der Waals surface area contributed by atoms with Crippen LogP contribution in [0.25, 0.3) is 0 Å². The minimum Gasteiger partial charge on any atom is -0.494 e. The molecule has 2 atom stereocenters. The van der Waals surface area contributed by atoms with E-state index >= 15 is 0 Å². The minimum absolute atomic E-state index is 0.00683. The van der Waals surface area contributed by atoms with Crippen LogP contribution in [0.2, 0.25) is 0 Å². The summed E-state index contributed by atoms with van der Waals surface area (Å²) >= 11 is 0. The van der Waals surface area contributed by atoms with E-state index in [2.05, 4.69) is 5.32 Å². The van der Waals surface area contributed by atoms with Crippen LogP contribution >= 0.6 is 0 Å². The maximum absolute atomic E-state index is 13.6. The molecule has 0 aliphatic heterocycles. The molecule has 0 saturated carbocycles. The molecule has 1 N–H and O–H groups in total. The summed E-state index contributed by atoms with van der Waals surface area (Å²) in [5.74, 6) is 0.471. The molecule has 0 saturated heterocycles. The van der Waals surface area contributed by atoms with Crippen molar-refractivity contribution in [3.63, 3.8) is 0 Å². The maximum Gasteiger partial charge on any atom is 0.165 e. The zero-order valence-electron chi connectivity index (χ0n) is 12.8. The first-order chi connectivity index (χ1) is 9.25. The van der Waals surface area contributed by atoms with Gasteiger partial charge < -0.3 is 10.1 Å². The highest BCUT2D eigenvalue weighted by molar-refractivity contribution is 7.86. The van der Waals surface area contributed by atoms with Gasteiger partial charge in [0, 0.05) is 33.9 Å². The Labute approximate surface area is 123 Å². The number of hydrogen-bond acceptors (Lipinski definition) is 3. The summed E-state index contributed by atoms with van der Waals surface area (Å²) in [4.78, 5) is 0. The Balaban J connectivity index is 2.53. The monoisotopic (exact) mass is 301 g/mol. The molecule has 1 aromatic carbocycles. The SMILES string of the molecule is COc1ccc([C@@H](C)NCC[S@](=O)C(C)(C)C)cc1F. The lowest BCUT2D eigenvalue weighted by molar-refractivity contribution is 0.385. The average Bonchev–Trinajstić information content (AvgIpc) is 2.37. The Morgan fingerprint density at radius 2 is 2.05 bits per heavy atom. The quantitative estimate of drug-likeness (QED) is 0.877. The summed E-state index contributed by atoms with van der Waals surface area (Å²) in [5.41, 5.74) is 0.852. The van der Waals surface area contributed by atoms with E-state index < -0.39 is 10.8 Å². The second kappa shape index (κ2) is 7.18. The molecule has 0 heterocycles. The van der Waals surface area contributed by atoms with Gasteiger partial charge in [0.05, 0.1) is 7.11 Å². The van der Waals surface area contributed by atoms with Crippen LogP contribution in [0.1, 0.15) is 39.3 Å². The highest BCUT2D eigenvalue weighted by Crippen LogP contribution is 2.21. The number of ether oxygens (including phenoxy) is 1. The maximum atomic E-state index is 13.6. The van der Waals surface area contributed by atoms with Gasteiger partial charge in [-0.15, -0.1) is 0 Å². The van der Waals surface area contributed by atoms with Crippen molar-refractivity contribution in [2.24, 2.45) is 0 Å². The van der Waals surface area contributed by atoms with Crippen molar-refractivity contribution in [2.45, 2.75) is 38.5 Å². The Bertz CT molecular complexity index is 471. The predicted molar refractivity (Wildman–Crippen MR) is 82.1 cm³/mol. The molecule has 0 aromatic heterocycles. The first-order valence-electron chi connectivity index (χ1n) is 6.71. The highest BCUT2D eigenvalue weighted by atomic mass is 32.2. The fraction of sp³-hybridized carbons (Fsp3) is 0.600. The molecule has 0 spiro atoms. The third kappa shape index (κ3) is 4.87. The molecule has 3 nitrogen and oxygen atoms in total. The molecular formula is C15H24FNO2S. The van der Waals surface area contributed by atoms with Gasteiger partial charge in [-0.3, -0.25) is 4.21 Å². The molecule has 114 valence electrons. The molecule has 0 amide bonds. The van der Waals surface area contributed by atoms with E-state index in [9.17, 15) is 8.60 Å². The van der Waals surface area contributed by atoms with Crippen molar-refractivity contribution in [3.8, 4) is 5.75 Å². The van der Waals surface area contributed by atoms with Crippen LogP contribution in [0.3, 0.4) is 0 Å². The summed E-state index contributed by atoms with van der Waals surface area (Å²) in [7, 11) is 0.570. The van der Waals surface area contributed by atoms with Crippen molar-refractivity contribution in [1.82, 2.24) is 5.32 Å². The van der Waals surface area contributed by atoms with Crippen LogP contribution in [-0.2, 0) is 10.8 Å². The van der Waals surface area contributed by atoms with Crippen LogP contribution in [0.15, 0.2) is 18.2 Å². The zero-order chi connectivity index (χ0) is 15.3. The van der Waals surface area contributed by atoms with Gasteiger partial charge in [0.2, 0.25) is 0 Å². The summed E-state index contributed by atoms with van der Waals surface area (Å²) in [6.07, 6.45) is 0. The third-order valence-corrected chi connectivity index (χ3v) is 5.04.